The van der Waals surface area contributed by atoms with Crippen LogP contribution < -0.4 is 0 Å². The van der Waals surface area contributed by atoms with Crippen molar-refractivity contribution >= 4 is 0 Å². The van der Waals surface area contributed by atoms with Crippen LogP contribution in [0.1, 0.15) is 104 Å². The lowest BCUT2D eigenvalue weighted by Crippen LogP contribution is -2.15. The number of hydrogen-bond acceptors (Lipinski definition) is 1. The maximum atomic E-state index is 9.03. The summed E-state index contributed by atoms with van der Waals surface area (Å²) in [5.41, 5.74) is 0.285. The molecule has 19 heavy (non-hydrogen) atoms. The van der Waals surface area contributed by atoms with E-state index in [0.29, 0.717) is 0 Å². The minimum absolute atomic E-state index is 0.285. The van der Waals surface area contributed by atoms with E-state index in [4.69, 9.17) is 5.26 Å². The number of nitriles is 1. The average Bonchev–Trinajstić information content (AvgIpc) is 2.39. The minimum Gasteiger partial charge on any atom is -0.198 e. The van der Waals surface area contributed by atoms with Crippen LogP contribution in [-0.2, 0) is 0 Å². The molecule has 0 atom stereocenters. The third kappa shape index (κ3) is 11.0. The highest BCUT2D eigenvalue weighted by molar-refractivity contribution is 4.85. The number of hydrogen-bond donors (Lipinski definition) is 0. The standard InChI is InChI=1S/C18H35N/c1-4-6-8-10-12-14-18(3,16-17-19)15-13-11-9-7-5-2/h4-16H2,1-3H3. The van der Waals surface area contributed by atoms with Gasteiger partial charge in [0.25, 0.3) is 0 Å². The van der Waals surface area contributed by atoms with Gasteiger partial charge in [-0.15, -0.1) is 0 Å². The average molecular weight is 265 g/mol. The molecule has 0 bridgehead atoms. The van der Waals surface area contributed by atoms with Gasteiger partial charge in [0.15, 0.2) is 0 Å². The van der Waals surface area contributed by atoms with Crippen molar-refractivity contribution in [2.45, 2.75) is 104 Å². The molecule has 0 rings (SSSR count). The minimum atomic E-state index is 0.285. The predicted octanol–water partition coefficient (Wildman–Crippen LogP) is 6.63. The molecule has 0 aliphatic heterocycles. The normalized spacial score (nSPS) is 11.5. The molecule has 0 aromatic carbocycles. The van der Waals surface area contributed by atoms with Gasteiger partial charge in [-0.25, -0.2) is 0 Å². The van der Waals surface area contributed by atoms with Crippen molar-refractivity contribution in [3.63, 3.8) is 0 Å². The van der Waals surface area contributed by atoms with Crippen molar-refractivity contribution < 1.29 is 0 Å². The quantitative estimate of drug-likeness (QED) is 0.343. The van der Waals surface area contributed by atoms with Crippen molar-refractivity contribution in [2.75, 3.05) is 0 Å². The van der Waals surface area contributed by atoms with Gasteiger partial charge >= 0.3 is 0 Å². The van der Waals surface area contributed by atoms with Gasteiger partial charge < -0.3 is 0 Å². The lowest BCUT2D eigenvalue weighted by atomic mass is 9.77. The van der Waals surface area contributed by atoms with Gasteiger partial charge in [-0.3, -0.25) is 0 Å². The summed E-state index contributed by atoms with van der Waals surface area (Å²) in [4.78, 5) is 0. The summed E-state index contributed by atoms with van der Waals surface area (Å²) in [6, 6.07) is 2.41. The zero-order valence-electron chi connectivity index (χ0n) is 13.6. The third-order valence-electron chi connectivity index (χ3n) is 4.27. The SMILES string of the molecule is CCCCCCCC(C)(CC#N)CCCCCCC. The van der Waals surface area contributed by atoms with Crippen molar-refractivity contribution in [2.24, 2.45) is 5.41 Å². The van der Waals surface area contributed by atoms with Gasteiger partial charge in [-0.1, -0.05) is 85.0 Å². The molecule has 0 unspecified atom stereocenters. The summed E-state index contributed by atoms with van der Waals surface area (Å²) in [6.07, 6.45) is 16.7. The van der Waals surface area contributed by atoms with Crippen LogP contribution in [0.15, 0.2) is 0 Å². The van der Waals surface area contributed by atoms with Crippen LogP contribution in [0.4, 0.5) is 0 Å². The highest BCUT2D eigenvalue weighted by Crippen LogP contribution is 2.34. The van der Waals surface area contributed by atoms with E-state index in [1.165, 1.54) is 77.0 Å². The van der Waals surface area contributed by atoms with Crippen molar-refractivity contribution in [1.29, 1.82) is 5.26 Å². The molecular formula is C18H35N. The van der Waals surface area contributed by atoms with Crippen LogP contribution in [0.2, 0.25) is 0 Å². The Morgan fingerprint density at radius 2 is 1.16 bits per heavy atom. The van der Waals surface area contributed by atoms with E-state index in [1.54, 1.807) is 0 Å². The summed E-state index contributed by atoms with van der Waals surface area (Å²) in [5, 5.41) is 9.03. The van der Waals surface area contributed by atoms with Gasteiger partial charge in [0, 0.05) is 6.42 Å². The Hall–Kier alpha value is -0.510. The third-order valence-corrected chi connectivity index (χ3v) is 4.27. The number of nitrogens with zero attached hydrogens (tertiary/aromatic N) is 1. The Kier molecular flexibility index (Phi) is 12.2. The fourth-order valence-electron chi connectivity index (χ4n) is 2.80. The first-order valence-electron chi connectivity index (χ1n) is 8.55. The van der Waals surface area contributed by atoms with Crippen LogP contribution in [-0.4, -0.2) is 0 Å². The first kappa shape index (κ1) is 18.5. The lowest BCUT2D eigenvalue weighted by molar-refractivity contribution is 0.257. The van der Waals surface area contributed by atoms with Crippen LogP contribution in [0.3, 0.4) is 0 Å². The van der Waals surface area contributed by atoms with Gasteiger partial charge in [0.05, 0.1) is 6.07 Å². The van der Waals surface area contributed by atoms with Crippen molar-refractivity contribution in [3.8, 4) is 6.07 Å². The summed E-state index contributed by atoms with van der Waals surface area (Å²) < 4.78 is 0. The second-order valence-electron chi connectivity index (χ2n) is 6.47. The summed E-state index contributed by atoms with van der Waals surface area (Å²) in [6.45, 7) is 6.85. The van der Waals surface area contributed by atoms with Gasteiger partial charge in [0.1, 0.15) is 0 Å². The molecule has 0 saturated heterocycles. The van der Waals surface area contributed by atoms with Gasteiger partial charge in [0.2, 0.25) is 0 Å². The summed E-state index contributed by atoms with van der Waals surface area (Å²) in [5.74, 6) is 0. The molecule has 0 fully saturated rings. The van der Waals surface area contributed by atoms with E-state index in [9.17, 15) is 0 Å². The zero-order chi connectivity index (χ0) is 14.4. The molecule has 1 nitrogen and oxygen atoms in total. The Morgan fingerprint density at radius 1 is 0.737 bits per heavy atom. The molecule has 0 saturated carbocycles. The molecule has 0 spiro atoms. The van der Waals surface area contributed by atoms with Crippen molar-refractivity contribution in [1.82, 2.24) is 0 Å². The Bertz CT molecular complexity index is 212. The van der Waals surface area contributed by atoms with Crippen LogP contribution in [0.25, 0.3) is 0 Å². The van der Waals surface area contributed by atoms with E-state index in [0.717, 1.165) is 6.42 Å². The van der Waals surface area contributed by atoms with E-state index in [2.05, 4.69) is 26.8 Å². The maximum Gasteiger partial charge on any atom is 0.0627 e. The van der Waals surface area contributed by atoms with Crippen LogP contribution >= 0.6 is 0 Å². The molecule has 0 aliphatic rings. The fraction of sp³-hybridized carbons (Fsp3) is 0.944. The van der Waals surface area contributed by atoms with Crippen molar-refractivity contribution in [3.05, 3.63) is 0 Å². The largest absolute Gasteiger partial charge is 0.198 e. The van der Waals surface area contributed by atoms with Gasteiger partial charge in [-0.05, 0) is 18.3 Å². The van der Waals surface area contributed by atoms with Crippen LogP contribution in [0, 0.1) is 16.7 Å². The molecule has 112 valence electrons. The Balaban J connectivity index is 3.81. The van der Waals surface area contributed by atoms with E-state index in [1.807, 2.05) is 0 Å². The second kappa shape index (κ2) is 12.5. The Morgan fingerprint density at radius 3 is 1.53 bits per heavy atom. The monoisotopic (exact) mass is 265 g/mol. The molecule has 0 amide bonds. The highest BCUT2D eigenvalue weighted by atomic mass is 14.3. The number of unbranched alkanes of at least 4 members (excludes halogenated alkanes) is 8. The molecule has 0 radical (unpaired) electrons. The molecule has 1 heteroatoms. The first-order chi connectivity index (χ1) is 9.18. The van der Waals surface area contributed by atoms with E-state index >= 15 is 0 Å². The maximum absolute atomic E-state index is 9.03. The highest BCUT2D eigenvalue weighted by Gasteiger charge is 2.22. The van der Waals surface area contributed by atoms with Crippen LogP contribution in [0.5, 0.6) is 0 Å². The fourth-order valence-corrected chi connectivity index (χ4v) is 2.80. The molecule has 0 aliphatic carbocycles. The van der Waals surface area contributed by atoms with E-state index < -0.39 is 0 Å². The van der Waals surface area contributed by atoms with Gasteiger partial charge in [-0.2, -0.15) is 5.26 Å². The lowest BCUT2D eigenvalue weighted by Gasteiger charge is -2.27. The summed E-state index contributed by atoms with van der Waals surface area (Å²) >= 11 is 0. The smallest absolute Gasteiger partial charge is 0.0627 e. The molecular weight excluding hydrogens is 230 g/mol. The zero-order valence-corrected chi connectivity index (χ0v) is 13.6. The molecule has 0 N–H and O–H groups in total. The van der Waals surface area contributed by atoms with E-state index in [-0.39, 0.29) is 5.41 Å². The predicted molar refractivity (Wildman–Crippen MR) is 85.1 cm³/mol. The topological polar surface area (TPSA) is 23.8 Å². The Labute approximate surface area is 121 Å². The summed E-state index contributed by atoms with van der Waals surface area (Å²) in [7, 11) is 0. The molecule has 0 heterocycles. The molecule has 0 aromatic heterocycles. The second-order valence-corrected chi connectivity index (χ2v) is 6.47. The number of rotatable bonds is 13. The molecule has 0 aromatic rings. The first-order valence-corrected chi connectivity index (χ1v) is 8.55.